The minimum atomic E-state index is 0.835. The van der Waals surface area contributed by atoms with Crippen LogP contribution in [0.25, 0.3) is 0 Å². The lowest BCUT2D eigenvalue weighted by molar-refractivity contribution is 0.245. The van der Waals surface area contributed by atoms with Crippen molar-refractivity contribution in [3.8, 4) is 0 Å². The summed E-state index contributed by atoms with van der Waals surface area (Å²) < 4.78 is 0. The quantitative estimate of drug-likeness (QED) is 0.812. The lowest BCUT2D eigenvalue weighted by Gasteiger charge is -2.24. The Morgan fingerprint density at radius 2 is 2.10 bits per heavy atom. The average molecular weight is 287 g/mol. The van der Waals surface area contributed by atoms with Gasteiger partial charge in [0.1, 0.15) is 0 Å². The number of hydrogen-bond donors (Lipinski definition) is 1. The van der Waals surface area contributed by atoms with Gasteiger partial charge in [-0.1, -0.05) is 25.0 Å². The van der Waals surface area contributed by atoms with Gasteiger partial charge in [-0.2, -0.15) is 0 Å². The summed E-state index contributed by atoms with van der Waals surface area (Å²) in [4.78, 5) is 4.89. The monoisotopic (exact) mass is 287 g/mol. The van der Waals surface area contributed by atoms with Gasteiger partial charge in [0.2, 0.25) is 0 Å². The molecule has 0 saturated heterocycles. The standard InChI is InChI=1S/C18H29N3/c1-20(17-5-3-4-6-17)12-10-19-14-15-7-8-18-16(13-15)9-11-21(18)2/h7-8,13,17,19H,3-6,9-12,14H2,1-2H3. The average Bonchev–Trinajstić information content (AvgIpc) is 3.14. The van der Waals surface area contributed by atoms with Crippen LogP contribution in [-0.2, 0) is 13.0 Å². The van der Waals surface area contributed by atoms with Crippen molar-refractivity contribution in [3.63, 3.8) is 0 Å². The third-order valence-electron chi connectivity index (χ3n) is 5.19. The zero-order valence-corrected chi connectivity index (χ0v) is 13.6. The van der Waals surface area contributed by atoms with Crippen molar-refractivity contribution in [2.24, 2.45) is 0 Å². The first-order valence-corrected chi connectivity index (χ1v) is 8.48. The molecule has 1 aliphatic carbocycles. The van der Waals surface area contributed by atoms with Gasteiger partial charge < -0.3 is 15.1 Å². The molecule has 0 atom stereocenters. The van der Waals surface area contributed by atoms with Crippen molar-refractivity contribution in [3.05, 3.63) is 29.3 Å². The van der Waals surface area contributed by atoms with Crippen LogP contribution in [0.15, 0.2) is 18.2 Å². The molecule has 116 valence electrons. The molecule has 21 heavy (non-hydrogen) atoms. The Hall–Kier alpha value is -1.06. The molecule has 1 fully saturated rings. The van der Waals surface area contributed by atoms with E-state index in [2.05, 4.69) is 47.4 Å². The number of rotatable bonds is 6. The van der Waals surface area contributed by atoms with Gasteiger partial charge in [0.05, 0.1) is 0 Å². The minimum Gasteiger partial charge on any atom is -0.374 e. The molecule has 0 aromatic heterocycles. The second kappa shape index (κ2) is 6.80. The molecular formula is C18H29N3. The van der Waals surface area contributed by atoms with Gasteiger partial charge in [0.15, 0.2) is 0 Å². The van der Waals surface area contributed by atoms with Gasteiger partial charge in [-0.05, 0) is 43.5 Å². The van der Waals surface area contributed by atoms with Crippen LogP contribution in [0.1, 0.15) is 36.8 Å². The lowest BCUT2D eigenvalue weighted by atomic mass is 10.1. The topological polar surface area (TPSA) is 18.5 Å². The maximum absolute atomic E-state index is 3.60. The summed E-state index contributed by atoms with van der Waals surface area (Å²) in [6, 6.07) is 7.77. The minimum absolute atomic E-state index is 0.835. The number of nitrogens with one attached hydrogen (secondary N) is 1. The van der Waals surface area contributed by atoms with Crippen LogP contribution in [0.4, 0.5) is 5.69 Å². The molecule has 1 saturated carbocycles. The number of benzene rings is 1. The first kappa shape index (κ1) is 14.9. The van der Waals surface area contributed by atoms with E-state index < -0.39 is 0 Å². The van der Waals surface area contributed by atoms with E-state index in [1.807, 2.05) is 0 Å². The molecule has 1 aromatic carbocycles. The van der Waals surface area contributed by atoms with Crippen LogP contribution in [0.3, 0.4) is 0 Å². The third kappa shape index (κ3) is 3.58. The molecule has 0 radical (unpaired) electrons. The summed E-state index contributed by atoms with van der Waals surface area (Å²) in [5.74, 6) is 0. The van der Waals surface area contributed by atoms with Crippen molar-refractivity contribution in [1.82, 2.24) is 10.2 Å². The SMILES string of the molecule is CN1CCc2cc(CNCCN(C)C3CCCC3)ccc21. The van der Waals surface area contributed by atoms with Crippen LogP contribution in [0.2, 0.25) is 0 Å². The predicted molar refractivity (Wildman–Crippen MR) is 90.0 cm³/mol. The molecule has 0 spiro atoms. The molecule has 1 aromatic rings. The van der Waals surface area contributed by atoms with Gasteiger partial charge in [-0.25, -0.2) is 0 Å². The largest absolute Gasteiger partial charge is 0.374 e. The van der Waals surface area contributed by atoms with E-state index in [4.69, 9.17) is 0 Å². The summed E-state index contributed by atoms with van der Waals surface area (Å²) in [5.41, 5.74) is 4.35. The number of likely N-dealkylation sites (N-methyl/N-ethyl adjacent to an activating group) is 2. The van der Waals surface area contributed by atoms with Gasteiger partial charge in [-0.3, -0.25) is 0 Å². The van der Waals surface area contributed by atoms with Crippen molar-refractivity contribution in [2.45, 2.75) is 44.7 Å². The maximum Gasteiger partial charge on any atom is 0.0397 e. The second-order valence-electron chi connectivity index (χ2n) is 6.73. The molecule has 1 heterocycles. The fraction of sp³-hybridized carbons (Fsp3) is 0.667. The van der Waals surface area contributed by atoms with Crippen molar-refractivity contribution in [1.29, 1.82) is 0 Å². The van der Waals surface area contributed by atoms with E-state index in [1.54, 1.807) is 0 Å². The first-order chi connectivity index (χ1) is 10.2. The second-order valence-corrected chi connectivity index (χ2v) is 6.73. The maximum atomic E-state index is 3.60. The summed E-state index contributed by atoms with van der Waals surface area (Å²) >= 11 is 0. The van der Waals surface area contributed by atoms with Crippen LogP contribution in [0, 0.1) is 0 Å². The molecule has 1 aliphatic heterocycles. The number of hydrogen-bond acceptors (Lipinski definition) is 3. The molecule has 0 amide bonds. The zero-order chi connectivity index (χ0) is 14.7. The summed E-state index contributed by atoms with van der Waals surface area (Å²) in [6.45, 7) is 4.41. The smallest absolute Gasteiger partial charge is 0.0397 e. The van der Waals surface area contributed by atoms with Gasteiger partial charge in [0.25, 0.3) is 0 Å². The van der Waals surface area contributed by atoms with E-state index in [1.165, 1.54) is 62.0 Å². The highest BCUT2D eigenvalue weighted by atomic mass is 15.1. The van der Waals surface area contributed by atoms with Gasteiger partial charge >= 0.3 is 0 Å². The van der Waals surface area contributed by atoms with E-state index in [0.717, 1.165) is 19.1 Å². The molecule has 3 nitrogen and oxygen atoms in total. The Morgan fingerprint density at radius 1 is 1.29 bits per heavy atom. The summed E-state index contributed by atoms with van der Waals surface area (Å²) in [7, 11) is 4.46. The molecule has 1 N–H and O–H groups in total. The van der Waals surface area contributed by atoms with E-state index in [-0.39, 0.29) is 0 Å². The molecule has 2 aliphatic rings. The Balaban J connectivity index is 1.41. The van der Waals surface area contributed by atoms with Crippen LogP contribution < -0.4 is 10.2 Å². The Morgan fingerprint density at radius 3 is 2.90 bits per heavy atom. The first-order valence-electron chi connectivity index (χ1n) is 8.48. The Bertz CT molecular complexity index is 466. The third-order valence-corrected chi connectivity index (χ3v) is 5.19. The highest BCUT2D eigenvalue weighted by Gasteiger charge is 2.19. The Labute approximate surface area is 129 Å². The zero-order valence-electron chi connectivity index (χ0n) is 13.6. The fourth-order valence-corrected chi connectivity index (χ4v) is 3.75. The van der Waals surface area contributed by atoms with Crippen molar-refractivity contribution >= 4 is 5.69 Å². The van der Waals surface area contributed by atoms with Crippen LogP contribution in [0.5, 0.6) is 0 Å². The summed E-state index contributed by atoms with van der Waals surface area (Å²) in [6.07, 6.45) is 6.84. The van der Waals surface area contributed by atoms with E-state index in [9.17, 15) is 0 Å². The molecule has 0 bridgehead atoms. The number of nitrogens with zero attached hydrogens (tertiary/aromatic N) is 2. The molecule has 3 heteroatoms. The van der Waals surface area contributed by atoms with Gasteiger partial charge in [0, 0.05) is 45.0 Å². The predicted octanol–water partition coefficient (Wildman–Crippen LogP) is 2.64. The van der Waals surface area contributed by atoms with Crippen LogP contribution >= 0.6 is 0 Å². The highest BCUT2D eigenvalue weighted by molar-refractivity contribution is 5.58. The molecular weight excluding hydrogens is 258 g/mol. The highest BCUT2D eigenvalue weighted by Crippen LogP contribution is 2.27. The molecule has 3 rings (SSSR count). The lowest BCUT2D eigenvalue weighted by Crippen LogP contribution is -2.35. The Kier molecular flexibility index (Phi) is 4.81. The number of anilines is 1. The fourth-order valence-electron chi connectivity index (χ4n) is 3.75. The normalized spacial score (nSPS) is 18.7. The van der Waals surface area contributed by atoms with Crippen LogP contribution in [-0.4, -0.2) is 44.7 Å². The number of fused-ring (bicyclic) bond motifs is 1. The van der Waals surface area contributed by atoms with E-state index in [0.29, 0.717) is 0 Å². The van der Waals surface area contributed by atoms with Gasteiger partial charge in [-0.15, -0.1) is 0 Å². The summed E-state index contributed by atoms with van der Waals surface area (Å²) in [5, 5.41) is 3.60. The van der Waals surface area contributed by atoms with Crippen molar-refractivity contribution in [2.75, 3.05) is 38.6 Å². The van der Waals surface area contributed by atoms with Crippen molar-refractivity contribution < 1.29 is 0 Å². The molecule has 0 unspecified atom stereocenters. The van der Waals surface area contributed by atoms with E-state index >= 15 is 0 Å².